The summed E-state index contributed by atoms with van der Waals surface area (Å²) < 4.78 is 26.1. The number of nitrogens with one attached hydrogen (secondary N) is 1. The van der Waals surface area contributed by atoms with Crippen LogP contribution in [0.4, 0.5) is 14.6 Å². The predicted molar refractivity (Wildman–Crippen MR) is 135 cm³/mol. The Bertz CT molecular complexity index is 1120. The molecule has 2 N–H and O–H groups in total. The molecule has 0 bridgehead atoms. The number of hydrogen-bond acceptors (Lipinski definition) is 4. The average molecular weight is 470 g/mol. The number of allylic oxidation sites excluding steroid dienone is 3. The normalized spacial score (nSPS) is 17.9. The van der Waals surface area contributed by atoms with Crippen molar-refractivity contribution < 1.29 is 18.7 Å². The number of aromatic nitrogens is 2. The zero-order valence-electron chi connectivity index (χ0n) is 20.2. The molecule has 2 heterocycles. The van der Waals surface area contributed by atoms with Crippen LogP contribution in [0, 0.1) is 5.92 Å². The molecule has 182 valence electrons. The van der Waals surface area contributed by atoms with Gasteiger partial charge in [0.05, 0.1) is 11.6 Å². The molecule has 1 saturated carbocycles. The standard InChI is InChI=1S/C24H25F2N3O2.C3H8/c1-5-7-21(30)15(4)8-14(3)18(6-2)16-9-17-13-28-22(10-20(17)27-12-16)29-23(31)19-11-24(19,25)26;1-3-2/h5-6,8-10,12-13,19,21,30H,1,4,7,11H2,2-3H3,(H,28,29,31);3H2,1-2H3/b14-8-,18-6+;. The topological polar surface area (TPSA) is 75.1 Å². The van der Waals surface area contributed by atoms with E-state index in [2.05, 4.69) is 42.3 Å². The van der Waals surface area contributed by atoms with Crippen LogP contribution in [0.25, 0.3) is 16.5 Å². The number of amides is 1. The first-order chi connectivity index (χ1) is 16.1. The molecule has 1 fully saturated rings. The molecule has 0 spiro atoms. The fourth-order valence-corrected chi connectivity index (χ4v) is 3.33. The molecule has 2 unspecified atom stereocenters. The number of aliphatic hydroxyl groups excluding tert-OH is 1. The largest absolute Gasteiger partial charge is 0.388 e. The molecule has 0 radical (unpaired) electrons. The number of fused-ring (bicyclic) bond motifs is 1. The van der Waals surface area contributed by atoms with Crippen LogP contribution in [0.3, 0.4) is 0 Å². The van der Waals surface area contributed by atoms with E-state index in [1.165, 1.54) is 6.42 Å². The van der Waals surface area contributed by atoms with Crippen molar-refractivity contribution in [3.63, 3.8) is 0 Å². The first-order valence-electron chi connectivity index (χ1n) is 11.3. The molecule has 1 amide bonds. The summed E-state index contributed by atoms with van der Waals surface area (Å²) in [5.41, 5.74) is 3.87. The zero-order valence-corrected chi connectivity index (χ0v) is 20.2. The molecule has 5 nitrogen and oxygen atoms in total. The smallest absolute Gasteiger partial charge is 0.260 e. The fraction of sp³-hybridized carbons (Fsp3) is 0.370. The number of alkyl halides is 2. The maximum atomic E-state index is 13.1. The number of anilines is 1. The molecule has 1 aliphatic rings. The first kappa shape index (κ1) is 27.1. The minimum absolute atomic E-state index is 0.190. The molecule has 3 rings (SSSR count). The van der Waals surface area contributed by atoms with Crippen LogP contribution in [-0.2, 0) is 4.79 Å². The van der Waals surface area contributed by atoms with Crippen LogP contribution in [-0.4, -0.2) is 33.0 Å². The second kappa shape index (κ2) is 11.8. The molecule has 34 heavy (non-hydrogen) atoms. The Balaban J connectivity index is 0.00000129. The van der Waals surface area contributed by atoms with Crippen molar-refractivity contribution in [2.24, 2.45) is 5.92 Å². The highest BCUT2D eigenvalue weighted by molar-refractivity contribution is 5.96. The highest BCUT2D eigenvalue weighted by Crippen LogP contribution is 2.49. The number of carbonyl (C=O) groups is 1. The lowest BCUT2D eigenvalue weighted by molar-refractivity contribution is -0.119. The van der Waals surface area contributed by atoms with Crippen LogP contribution >= 0.6 is 0 Å². The van der Waals surface area contributed by atoms with Gasteiger partial charge in [0, 0.05) is 35.8 Å². The lowest BCUT2D eigenvalue weighted by Gasteiger charge is -2.13. The third-order valence-corrected chi connectivity index (χ3v) is 5.20. The second-order valence-electron chi connectivity index (χ2n) is 8.35. The van der Waals surface area contributed by atoms with E-state index in [9.17, 15) is 18.7 Å². The number of nitrogens with zero attached hydrogens (tertiary/aromatic N) is 2. The first-order valence-corrected chi connectivity index (χ1v) is 11.3. The van der Waals surface area contributed by atoms with Crippen molar-refractivity contribution in [3.05, 3.63) is 72.6 Å². The Morgan fingerprint density at radius 2 is 1.97 bits per heavy atom. The van der Waals surface area contributed by atoms with Gasteiger partial charge in [-0.05, 0) is 43.1 Å². The average Bonchev–Trinajstić information content (AvgIpc) is 3.43. The van der Waals surface area contributed by atoms with E-state index in [1.807, 2.05) is 32.1 Å². The Labute approximate surface area is 200 Å². The summed E-state index contributed by atoms with van der Waals surface area (Å²) in [6, 6.07) is 3.47. The van der Waals surface area contributed by atoms with Crippen molar-refractivity contribution in [2.75, 3.05) is 5.32 Å². The predicted octanol–water partition coefficient (Wildman–Crippen LogP) is 6.48. The minimum Gasteiger partial charge on any atom is -0.388 e. The van der Waals surface area contributed by atoms with Gasteiger partial charge >= 0.3 is 0 Å². The number of hydrogen-bond donors (Lipinski definition) is 2. The molecular formula is C27H33F2N3O2. The van der Waals surface area contributed by atoms with Crippen LogP contribution < -0.4 is 5.32 Å². The van der Waals surface area contributed by atoms with Crippen LogP contribution in [0.1, 0.15) is 52.5 Å². The summed E-state index contributed by atoms with van der Waals surface area (Å²) in [6.45, 7) is 15.6. The van der Waals surface area contributed by atoms with Crippen molar-refractivity contribution in [1.82, 2.24) is 9.97 Å². The fourth-order valence-electron chi connectivity index (χ4n) is 3.33. The Morgan fingerprint density at radius 1 is 1.32 bits per heavy atom. The van der Waals surface area contributed by atoms with Crippen LogP contribution in [0.2, 0.25) is 0 Å². The van der Waals surface area contributed by atoms with Gasteiger partial charge in [0.2, 0.25) is 5.91 Å². The SMILES string of the molecule is C=CCC(O)C(=C)/C=C(C)\C(=C/C)c1cnc2cc(NC(=O)C3CC3(F)F)ncc2c1.CCC. The van der Waals surface area contributed by atoms with E-state index >= 15 is 0 Å². The maximum absolute atomic E-state index is 13.1. The van der Waals surface area contributed by atoms with E-state index in [4.69, 9.17) is 0 Å². The van der Waals surface area contributed by atoms with Gasteiger partial charge in [-0.3, -0.25) is 9.78 Å². The summed E-state index contributed by atoms with van der Waals surface area (Å²) in [5, 5.41) is 13.2. The van der Waals surface area contributed by atoms with E-state index in [-0.39, 0.29) is 5.82 Å². The number of carbonyl (C=O) groups excluding carboxylic acids is 1. The van der Waals surface area contributed by atoms with Crippen LogP contribution in [0.5, 0.6) is 0 Å². The summed E-state index contributed by atoms with van der Waals surface area (Å²) in [6.07, 6.45) is 9.22. The van der Waals surface area contributed by atoms with Crippen molar-refractivity contribution >= 4 is 28.2 Å². The Hall–Kier alpha value is -3.19. The van der Waals surface area contributed by atoms with E-state index < -0.39 is 30.3 Å². The van der Waals surface area contributed by atoms with Gasteiger partial charge in [-0.15, -0.1) is 6.58 Å². The van der Waals surface area contributed by atoms with Gasteiger partial charge in [-0.25, -0.2) is 13.8 Å². The van der Waals surface area contributed by atoms with Crippen molar-refractivity contribution in [1.29, 1.82) is 0 Å². The molecule has 0 aromatic carbocycles. The number of pyridine rings is 2. The zero-order chi connectivity index (χ0) is 25.5. The number of halogens is 2. The van der Waals surface area contributed by atoms with Gasteiger partial charge in [0.25, 0.3) is 5.92 Å². The summed E-state index contributed by atoms with van der Waals surface area (Å²) in [5.74, 6) is -4.75. The third kappa shape index (κ3) is 6.90. The van der Waals surface area contributed by atoms with Crippen molar-refractivity contribution in [3.8, 4) is 0 Å². The molecule has 1 aliphatic carbocycles. The number of rotatable bonds is 8. The van der Waals surface area contributed by atoms with Crippen molar-refractivity contribution in [2.45, 2.75) is 59.0 Å². The summed E-state index contributed by atoms with van der Waals surface area (Å²) >= 11 is 0. The lowest BCUT2D eigenvalue weighted by Crippen LogP contribution is -2.18. The highest BCUT2D eigenvalue weighted by atomic mass is 19.3. The molecule has 2 aromatic heterocycles. The second-order valence-corrected chi connectivity index (χ2v) is 8.35. The molecule has 7 heteroatoms. The Kier molecular flexibility index (Phi) is 9.38. The monoisotopic (exact) mass is 469 g/mol. The summed E-state index contributed by atoms with van der Waals surface area (Å²) in [7, 11) is 0. The molecule has 2 atom stereocenters. The lowest BCUT2D eigenvalue weighted by atomic mass is 9.96. The molecule has 2 aromatic rings. The van der Waals surface area contributed by atoms with Gasteiger partial charge in [-0.1, -0.05) is 45.1 Å². The van der Waals surface area contributed by atoms with E-state index in [1.54, 1.807) is 24.5 Å². The third-order valence-electron chi connectivity index (χ3n) is 5.20. The number of aliphatic hydroxyl groups is 1. The maximum Gasteiger partial charge on any atom is 0.260 e. The van der Waals surface area contributed by atoms with Gasteiger partial charge in [0.15, 0.2) is 0 Å². The van der Waals surface area contributed by atoms with E-state index in [0.29, 0.717) is 17.5 Å². The molecule has 0 saturated heterocycles. The Morgan fingerprint density at radius 3 is 2.53 bits per heavy atom. The molecular weight excluding hydrogens is 436 g/mol. The van der Waals surface area contributed by atoms with E-state index in [0.717, 1.165) is 22.1 Å². The van der Waals surface area contributed by atoms with Crippen LogP contribution in [0.15, 0.2) is 67.1 Å². The molecule has 0 aliphatic heterocycles. The summed E-state index contributed by atoms with van der Waals surface area (Å²) in [4.78, 5) is 20.5. The quantitative estimate of drug-likeness (QED) is 0.343. The highest BCUT2D eigenvalue weighted by Gasteiger charge is 2.61. The van der Waals surface area contributed by atoms with Gasteiger partial charge in [0.1, 0.15) is 11.7 Å². The minimum atomic E-state index is -2.92. The van der Waals surface area contributed by atoms with Gasteiger partial charge in [-0.2, -0.15) is 0 Å². The van der Waals surface area contributed by atoms with Gasteiger partial charge < -0.3 is 10.4 Å².